The van der Waals surface area contributed by atoms with Gasteiger partial charge in [0, 0.05) is 49.8 Å². The predicted molar refractivity (Wildman–Crippen MR) is 212 cm³/mol. The van der Waals surface area contributed by atoms with Gasteiger partial charge in [0.15, 0.2) is 6.61 Å². The molecule has 5 aromatic carbocycles. The summed E-state index contributed by atoms with van der Waals surface area (Å²) < 4.78 is 11.8. The summed E-state index contributed by atoms with van der Waals surface area (Å²) in [5.74, 6) is 0.744. The van der Waals surface area contributed by atoms with Gasteiger partial charge in [-0.3, -0.25) is 9.59 Å². The zero-order valence-electron chi connectivity index (χ0n) is 30.9. The quantitative estimate of drug-likeness (QED) is 0.0902. The lowest BCUT2D eigenvalue weighted by molar-refractivity contribution is -0.139. The zero-order valence-corrected chi connectivity index (χ0v) is 31.7. The molecular weight excluding hydrogens is 685 g/mol. The molecule has 0 aliphatic carbocycles. The van der Waals surface area contributed by atoms with Gasteiger partial charge in [-0.15, -0.1) is 11.8 Å². The van der Waals surface area contributed by atoms with Crippen molar-refractivity contribution in [2.45, 2.75) is 18.7 Å². The first-order valence-electron chi connectivity index (χ1n) is 17.2. The van der Waals surface area contributed by atoms with Gasteiger partial charge in [-0.2, -0.15) is 0 Å². The van der Waals surface area contributed by atoms with E-state index in [1.165, 1.54) is 0 Å². The fourth-order valence-electron chi connectivity index (χ4n) is 5.85. The molecule has 5 aromatic rings. The Bertz CT molecular complexity index is 2010. The lowest BCUT2D eigenvalue weighted by Gasteiger charge is -2.18. The number of carboxylic acids is 1. The number of carbonyl (C=O) groups excluding carboxylic acids is 2. The Kier molecular flexibility index (Phi) is 12.8. The molecule has 0 aliphatic rings. The third-order valence-electron chi connectivity index (χ3n) is 8.51. The van der Waals surface area contributed by atoms with Crippen LogP contribution in [0.15, 0.2) is 126 Å². The van der Waals surface area contributed by atoms with E-state index in [4.69, 9.17) is 14.6 Å². The number of hydrogen-bond donors (Lipinski definition) is 1. The third-order valence-corrected chi connectivity index (χ3v) is 9.50. The largest absolute Gasteiger partial charge is 0.497 e. The molecule has 0 radical (unpaired) electrons. The molecule has 0 heterocycles. The van der Waals surface area contributed by atoms with E-state index in [0.29, 0.717) is 29.2 Å². The van der Waals surface area contributed by atoms with Gasteiger partial charge >= 0.3 is 5.97 Å². The average molecular weight is 729 g/mol. The number of hydrogen-bond acceptors (Lipinski definition) is 6. The summed E-state index contributed by atoms with van der Waals surface area (Å²) in [5.41, 5.74) is 8.84. The van der Waals surface area contributed by atoms with Crippen molar-refractivity contribution in [2.75, 3.05) is 47.2 Å². The van der Waals surface area contributed by atoms with E-state index in [-0.39, 0.29) is 11.8 Å². The Morgan fingerprint density at radius 1 is 0.642 bits per heavy atom. The number of rotatable bonds is 14. The molecule has 1 N–H and O–H groups in total. The van der Waals surface area contributed by atoms with Crippen LogP contribution in [0, 0.1) is 6.92 Å². The van der Waals surface area contributed by atoms with Crippen LogP contribution >= 0.6 is 11.8 Å². The maximum absolute atomic E-state index is 12.7. The SMILES string of the molecule is CCOC(CSc1ccc(OCC(=O)O)c(C)c1)=C(c1ccc(-c2cccc(C(=O)N(C)C)c2)cc1)c1ccc(-c2cccc(C(=O)N(C)C)c2)cc1. The minimum absolute atomic E-state index is 0.0513. The van der Waals surface area contributed by atoms with Crippen molar-refractivity contribution < 1.29 is 29.0 Å². The van der Waals surface area contributed by atoms with E-state index in [1.54, 1.807) is 55.8 Å². The first kappa shape index (κ1) is 38.4. The first-order valence-corrected chi connectivity index (χ1v) is 18.2. The summed E-state index contributed by atoms with van der Waals surface area (Å²) >= 11 is 1.62. The molecule has 5 rings (SSSR count). The summed E-state index contributed by atoms with van der Waals surface area (Å²) in [6, 6.07) is 37.5. The average Bonchev–Trinajstić information content (AvgIpc) is 3.16. The smallest absolute Gasteiger partial charge is 0.341 e. The third kappa shape index (κ3) is 9.75. The fraction of sp³-hybridized carbons (Fsp3) is 0.205. The maximum Gasteiger partial charge on any atom is 0.341 e. The molecule has 9 heteroatoms. The highest BCUT2D eigenvalue weighted by atomic mass is 32.2. The Morgan fingerprint density at radius 3 is 1.58 bits per heavy atom. The number of thioether (sulfide) groups is 1. The van der Waals surface area contributed by atoms with Crippen molar-refractivity contribution in [3.05, 3.63) is 149 Å². The molecule has 53 heavy (non-hydrogen) atoms. The van der Waals surface area contributed by atoms with Crippen molar-refractivity contribution in [1.29, 1.82) is 0 Å². The molecule has 0 aromatic heterocycles. The number of ether oxygens (including phenoxy) is 2. The van der Waals surface area contributed by atoms with E-state index in [0.717, 1.165) is 55.2 Å². The van der Waals surface area contributed by atoms with Gasteiger partial charge in [0.25, 0.3) is 11.8 Å². The van der Waals surface area contributed by atoms with Crippen LogP contribution in [0.5, 0.6) is 5.75 Å². The molecule has 2 amide bonds. The van der Waals surface area contributed by atoms with Gasteiger partial charge in [-0.1, -0.05) is 72.8 Å². The van der Waals surface area contributed by atoms with Gasteiger partial charge in [-0.05, 0) is 95.3 Å². The second-order valence-electron chi connectivity index (χ2n) is 12.8. The Hall–Kier alpha value is -5.80. The fourth-order valence-corrected chi connectivity index (χ4v) is 6.80. The van der Waals surface area contributed by atoms with Crippen LogP contribution in [0.1, 0.15) is 44.3 Å². The van der Waals surface area contributed by atoms with Crippen LogP contribution in [-0.2, 0) is 9.53 Å². The van der Waals surface area contributed by atoms with Gasteiger partial charge in [0.2, 0.25) is 0 Å². The molecule has 0 saturated carbocycles. The van der Waals surface area contributed by atoms with Crippen LogP contribution in [0.2, 0.25) is 0 Å². The van der Waals surface area contributed by atoms with Crippen molar-refractivity contribution in [3.63, 3.8) is 0 Å². The van der Waals surface area contributed by atoms with Gasteiger partial charge < -0.3 is 24.4 Å². The van der Waals surface area contributed by atoms with Crippen LogP contribution in [-0.4, -0.2) is 79.8 Å². The summed E-state index contributed by atoms with van der Waals surface area (Å²) in [7, 11) is 6.98. The Labute approximate surface area is 315 Å². The van der Waals surface area contributed by atoms with Crippen LogP contribution in [0.4, 0.5) is 0 Å². The molecule has 0 fully saturated rings. The lowest BCUT2D eigenvalue weighted by atomic mass is 9.93. The van der Waals surface area contributed by atoms with Crippen molar-refractivity contribution in [1.82, 2.24) is 9.80 Å². The van der Waals surface area contributed by atoms with Gasteiger partial charge in [0.05, 0.1) is 12.4 Å². The van der Waals surface area contributed by atoms with E-state index >= 15 is 0 Å². The van der Waals surface area contributed by atoms with E-state index in [9.17, 15) is 14.4 Å². The topological polar surface area (TPSA) is 96.4 Å². The Balaban J connectivity index is 1.53. The number of nitrogens with zero attached hydrogens (tertiary/aromatic N) is 2. The van der Waals surface area contributed by atoms with E-state index < -0.39 is 12.6 Å². The highest BCUT2D eigenvalue weighted by Gasteiger charge is 2.17. The number of amides is 2. The molecule has 0 bridgehead atoms. The minimum atomic E-state index is -1.02. The molecular formula is C44H44N2O6S. The lowest BCUT2D eigenvalue weighted by Crippen LogP contribution is -2.21. The summed E-state index contributed by atoms with van der Waals surface area (Å²) in [4.78, 5) is 40.5. The van der Waals surface area contributed by atoms with Crippen molar-refractivity contribution >= 4 is 35.1 Å². The van der Waals surface area contributed by atoms with Crippen LogP contribution < -0.4 is 4.74 Å². The molecule has 8 nitrogen and oxygen atoms in total. The number of aryl methyl sites for hydroxylation is 1. The molecule has 0 atom stereocenters. The zero-order chi connectivity index (χ0) is 38.1. The molecule has 0 saturated heterocycles. The van der Waals surface area contributed by atoms with Gasteiger partial charge in [0.1, 0.15) is 11.5 Å². The highest BCUT2D eigenvalue weighted by Crippen LogP contribution is 2.35. The molecule has 272 valence electrons. The summed E-state index contributed by atoms with van der Waals surface area (Å²) in [5, 5.41) is 9.02. The number of aliphatic carboxylic acids is 1. The first-order chi connectivity index (χ1) is 25.4. The maximum atomic E-state index is 12.7. The second kappa shape index (κ2) is 17.6. The summed E-state index contributed by atoms with van der Waals surface area (Å²) in [6.45, 7) is 3.94. The monoisotopic (exact) mass is 728 g/mol. The number of benzene rings is 5. The molecule has 0 aliphatic heterocycles. The van der Waals surface area contributed by atoms with E-state index in [2.05, 4.69) is 48.5 Å². The Morgan fingerprint density at radius 2 is 1.15 bits per heavy atom. The molecule has 0 unspecified atom stereocenters. The standard InChI is InChI=1S/C44H44N2O6S/c1-7-51-40(28-53-38-22-23-39(29(2)24-38)52-27-41(47)48)42(32-18-14-30(15-19-32)34-10-8-12-36(25-34)43(49)45(3)4)33-20-16-31(17-21-33)35-11-9-13-37(26-35)44(50)46(5)6/h8-26H,7,27-28H2,1-6H3,(H,47,48). The number of carbonyl (C=O) groups is 3. The summed E-state index contributed by atoms with van der Waals surface area (Å²) in [6.07, 6.45) is 0. The van der Waals surface area contributed by atoms with Crippen LogP contribution in [0.25, 0.3) is 27.8 Å². The van der Waals surface area contributed by atoms with Crippen LogP contribution in [0.3, 0.4) is 0 Å². The molecule has 0 spiro atoms. The highest BCUT2D eigenvalue weighted by molar-refractivity contribution is 7.99. The predicted octanol–water partition coefficient (Wildman–Crippen LogP) is 8.78. The number of carboxylic acid groups (broad SMARTS) is 1. The van der Waals surface area contributed by atoms with Crippen molar-refractivity contribution in [3.8, 4) is 28.0 Å². The minimum Gasteiger partial charge on any atom is -0.497 e. The van der Waals surface area contributed by atoms with Crippen molar-refractivity contribution in [2.24, 2.45) is 0 Å². The second-order valence-corrected chi connectivity index (χ2v) is 13.9. The van der Waals surface area contributed by atoms with E-state index in [1.807, 2.05) is 74.5 Å². The van der Waals surface area contributed by atoms with Gasteiger partial charge in [-0.25, -0.2) is 4.79 Å². The normalized spacial score (nSPS) is 10.7.